The Kier molecular flexibility index (Phi) is 2.58. The summed E-state index contributed by atoms with van der Waals surface area (Å²) in [6, 6.07) is 0. The third-order valence-electron chi connectivity index (χ3n) is 1.69. The molecule has 1 heterocycles. The molecule has 1 aliphatic rings. The molecule has 78 valence electrons. The van der Waals surface area contributed by atoms with Crippen molar-refractivity contribution in [1.82, 2.24) is 0 Å². The van der Waals surface area contributed by atoms with Gasteiger partial charge in [0.05, 0.1) is 0 Å². The molecule has 0 aliphatic carbocycles. The molecule has 0 amide bonds. The van der Waals surface area contributed by atoms with Crippen LogP contribution in [-0.2, 0) is 4.79 Å². The van der Waals surface area contributed by atoms with Gasteiger partial charge >= 0.3 is 12.1 Å². The quantitative estimate of drug-likeness (QED) is 0.550. The minimum atomic E-state index is -4.76. The van der Waals surface area contributed by atoms with E-state index in [4.69, 9.17) is 16.7 Å². The van der Waals surface area contributed by atoms with Crippen molar-refractivity contribution < 1.29 is 23.1 Å². The van der Waals surface area contributed by atoms with Crippen molar-refractivity contribution in [2.45, 2.75) is 17.6 Å². The topological polar surface area (TPSA) is 49.7 Å². The molecule has 0 fully saturated rings. The van der Waals surface area contributed by atoms with Crippen LogP contribution in [0.2, 0.25) is 0 Å². The molecule has 0 bridgehead atoms. The van der Waals surface area contributed by atoms with Gasteiger partial charge in [-0.25, -0.2) is 4.79 Å². The van der Waals surface area contributed by atoms with Crippen LogP contribution in [0.1, 0.15) is 6.42 Å². The molecule has 1 rings (SSSR count). The van der Waals surface area contributed by atoms with E-state index in [9.17, 15) is 18.0 Å². The number of carboxylic acid groups (broad SMARTS) is 1. The molecule has 0 aromatic heterocycles. The first-order valence-electron chi connectivity index (χ1n) is 3.49. The molecule has 7 heteroatoms. The number of nitrogens with zero attached hydrogens (tertiary/aromatic N) is 1. The maximum atomic E-state index is 12.3. The Balaban J connectivity index is 2.96. The van der Waals surface area contributed by atoms with Crippen molar-refractivity contribution >= 4 is 23.8 Å². The zero-order chi connectivity index (χ0) is 11.0. The maximum absolute atomic E-state index is 12.3. The first kappa shape index (κ1) is 11.0. The van der Waals surface area contributed by atoms with Crippen molar-refractivity contribution in [3.8, 4) is 0 Å². The number of hydrogen-bond donors (Lipinski definition) is 1. The van der Waals surface area contributed by atoms with Crippen molar-refractivity contribution in [2.75, 3.05) is 0 Å². The van der Waals surface area contributed by atoms with E-state index >= 15 is 0 Å². The highest BCUT2D eigenvalue weighted by molar-refractivity contribution is 6.25. The summed E-state index contributed by atoms with van der Waals surface area (Å²) in [5, 5.41) is 8.48. The molecule has 0 saturated carbocycles. The Morgan fingerprint density at radius 2 is 2.21 bits per heavy atom. The molecule has 14 heavy (non-hydrogen) atoms. The van der Waals surface area contributed by atoms with Gasteiger partial charge in [0, 0.05) is 18.2 Å². The van der Waals surface area contributed by atoms with E-state index < -0.39 is 29.1 Å². The summed E-state index contributed by atoms with van der Waals surface area (Å²) in [6.45, 7) is 0. The molecule has 1 unspecified atom stereocenters. The van der Waals surface area contributed by atoms with E-state index in [1.807, 2.05) is 0 Å². The summed E-state index contributed by atoms with van der Waals surface area (Å²) in [6.07, 6.45) is -3.87. The second-order valence-corrected chi connectivity index (χ2v) is 3.33. The zero-order valence-electron chi connectivity index (χ0n) is 6.68. The molecule has 1 atom stereocenters. The Hall–Kier alpha value is -1.04. The van der Waals surface area contributed by atoms with Crippen LogP contribution >= 0.6 is 11.6 Å². The average molecular weight is 228 g/mol. The second kappa shape index (κ2) is 3.27. The summed E-state index contributed by atoms with van der Waals surface area (Å²) in [5.41, 5.74) is -0.410. The number of allylic oxidation sites excluding steroid dienone is 1. The monoisotopic (exact) mass is 227 g/mol. The first-order valence-corrected chi connectivity index (χ1v) is 3.87. The molecule has 0 aromatic rings. The predicted molar refractivity (Wildman–Crippen MR) is 43.5 cm³/mol. The number of alkyl halides is 4. The third-order valence-corrected chi connectivity index (χ3v) is 2.13. The third kappa shape index (κ3) is 1.89. The Bertz CT molecular complexity index is 323. The summed E-state index contributed by atoms with van der Waals surface area (Å²) < 4.78 is 36.9. The predicted octanol–water partition coefficient (Wildman–Crippen LogP) is 1.97. The average Bonchev–Trinajstić information content (AvgIpc) is 2.02. The molecular weight excluding hydrogens is 223 g/mol. The lowest BCUT2D eigenvalue weighted by molar-refractivity contribution is -0.160. The van der Waals surface area contributed by atoms with Gasteiger partial charge in [-0.05, 0) is 6.08 Å². The highest BCUT2D eigenvalue weighted by Gasteiger charge is 2.55. The van der Waals surface area contributed by atoms with Crippen LogP contribution in [-0.4, -0.2) is 28.5 Å². The van der Waals surface area contributed by atoms with Crippen LogP contribution in [0.25, 0.3) is 0 Å². The number of aliphatic carboxylic acids is 1. The SMILES string of the molecule is O=C(O)C1=CC=NC(Cl)(C(F)(F)F)C1. The van der Waals surface area contributed by atoms with Crippen molar-refractivity contribution in [3.63, 3.8) is 0 Å². The number of aliphatic imine (C=N–C) groups is 1. The van der Waals surface area contributed by atoms with Crippen molar-refractivity contribution in [2.24, 2.45) is 4.99 Å². The zero-order valence-corrected chi connectivity index (χ0v) is 7.43. The fourth-order valence-electron chi connectivity index (χ4n) is 0.923. The van der Waals surface area contributed by atoms with E-state index in [-0.39, 0.29) is 0 Å². The molecule has 0 aromatic carbocycles. The molecular formula is C7H5ClF3NO2. The largest absolute Gasteiger partial charge is 0.478 e. The van der Waals surface area contributed by atoms with Gasteiger partial charge in [-0.1, -0.05) is 11.6 Å². The van der Waals surface area contributed by atoms with E-state index in [1.165, 1.54) is 0 Å². The minimum absolute atomic E-state index is 0.410. The number of dihydropyridines is 1. The maximum Gasteiger partial charge on any atom is 0.427 e. The Labute approximate surface area is 81.9 Å². The van der Waals surface area contributed by atoms with E-state index in [1.54, 1.807) is 0 Å². The van der Waals surface area contributed by atoms with Gasteiger partial charge in [-0.3, -0.25) is 4.99 Å². The van der Waals surface area contributed by atoms with Crippen LogP contribution in [0.15, 0.2) is 16.6 Å². The molecule has 3 nitrogen and oxygen atoms in total. The Morgan fingerprint density at radius 3 is 2.64 bits per heavy atom. The summed E-state index contributed by atoms with van der Waals surface area (Å²) in [4.78, 5) is 10.6. The van der Waals surface area contributed by atoms with E-state index in [0.717, 1.165) is 12.3 Å². The van der Waals surface area contributed by atoms with E-state index in [2.05, 4.69) is 4.99 Å². The lowest BCUT2D eigenvalue weighted by atomic mass is 10.0. The van der Waals surface area contributed by atoms with Gasteiger partial charge in [0.15, 0.2) is 0 Å². The number of rotatable bonds is 1. The number of halogens is 4. The van der Waals surface area contributed by atoms with Gasteiger partial charge in [0.2, 0.25) is 5.00 Å². The lowest BCUT2D eigenvalue weighted by Crippen LogP contribution is -2.40. The molecule has 0 radical (unpaired) electrons. The first-order chi connectivity index (χ1) is 6.26. The fraction of sp³-hybridized carbons (Fsp3) is 0.429. The fourth-order valence-corrected chi connectivity index (χ4v) is 1.12. The number of carboxylic acids is 1. The molecule has 1 aliphatic heterocycles. The van der Waals surface area contributed by atoms with Crippen molar-refractivity contribution in [3.05, 3.63) is 11.6 Å². The lowest BCUT2D eigenvalue weighted by Gasteiger charge is -2.27. The number of hydrogen-bond acceptors (Lipinski definition) is 2. The number of carbonyl (C=O) groups is 1. The van der Waals surface area contributed by atoms with Crippen LogP contribution in [0, 0.1) is 0 Å². The van der Waals surface area contributed by atoms with Gasteiger partial charge in [-0.2, -0.15) is 13.2 Å². The molecule has 0 saturated heterocycles. The smallest absolute Gasteiger partial charge is 0.427 e. The van der Waals surface area contributed by atoms with Crippen LogP contribution < -0.4 is 0 Å². The molecule has 1 N–H and O–H groups in total. The summed E-state index contributed by atoms with van der Waals surface area (Å²) in [5.74, 6) is -1.43. The highest BCUT2D eigenvalue weighted by atomic mass is 35.5. The van der Waals surface area contributed by atoms with Gasteiger partial charge in [0.25, 0.3) is 0 Å². The van der Waals surface area contributed by atoms with Gasteiger partial charge < -0.3 is 5.11 Å². The Morgan fingerprint density at radius 1 is 1.64 bits per heavy atom. The van der Waals surface area contributed by atoms with Gasteiger partial charge in [0.1, 0.15) is 0 Å². The van der Waals surface area contributed by atoms with E-state index in [0.29, 0.717) is 0 Å². The summed E-state index contributed by atoms with van der Waals surface area (Å²) >= 11 is 5.16. The normalized spacial score (nSPS) is 27.3. The minimum Gasteiger partial charge on any atom is -0.478 e. The summed E-state index contributed by atoms with van der Waals surface area (Å²) in [7, 11) is 0. The van der Waals surface area contributed by atoms with Crippen LogP contribution in [0.4, 0.5) is 13.2 Å². The van der Waals surface area contributed by atoms with Crippen LogP contribution in [0.5, 0.6) is 0 Å². The molecule has 0 spiro atoms. The highest BCUT2D eigenvalue weighted by Crippen LogP contribution is 2.43. The standard InChI is InChI=1S/C7H5ClF3NO2/c8-6(7(9,10)11)3-4(5(13)14)1-2-12-6/h1-2H,3H2,(H,13,14). The second-order valence-electron chi connectivity index (χ2n) is 2.71. The van der Waals surface area contributed by atoms with Gasteiger partial charge in [-0.15, -0.1) is 0 Å². The van der Waals surface area contributed by atoms with Crippen molar-refractivity contribution in [1.29, 1.82) is 0 Å². The van der Waals surface area contributed by atoms with Crippen LogP contribution in [0.3, 0.4) is 0 Å².